The summed E-state index contributed by atoms with van der Waals surface area (Å²) in [6.07, 6.45) is 14.1. The van der Waals surface area contributed by atoms with Crippen molar-refractivity contribution in [3.8, 4) is 11.5 Å². The fraction of sp³-hybridized carbons (Fsp3) is 0.594. The third kappa shape index (κ3) is 8.12. The van der Waals surface area contributed by atoms with E-state index in [1.165, 1.54) is 68.9 Å². The van der Waals surface area contributed by atoms with Gasteiger partial charge in [-0.15, -0.1) is 0 Å². The average molecular weight is 479 g/mol. The van der Waals surface area contributed by atoms with Crippen molar-refractivity contribution in [1.82, 2.24) is 0 Å². The molecule has 1 saturated carbocycles. The van der Waals surface area contributed by atoms with E-state index >= 15 is 0 Å². The largest absolute Gasteiger partial charge is 0.488 e. The van der Waals surface area contributed by atoms with Crippen LogP contribution in [0.1, 0.15) is 116 Å². The van der Waals surface area contributed by atoms with Gasteiger partial charge in [0, 0.05) is 5.41 Å². The third-order valence-corrected chi connectivity index (χ3v) is 7.13. The van der Waals surface area contributed by atoms with E-state index in [0.717, 1.165) is 18.6 Å². The quantitative estimate of drug-likeness (QED) is 0.318. The first-order valence-corrected chi connectivity index (χ1v) is 13.8. The van der Waals surface area contributed by atoms with E-state index in [9.17, 15) is 4.79 Å². The lowest BCUT2D eigenvalue weighted by molar-refractivity contribution is -0.137. The SMILES string of the molecule is CC(C)C(=O)Oc1ccc(C2(c3ccc(OC(C)(C)C)cc3)CCCCCCCCCCC2)cc1. The number of carbonyl (C=O) groups excluding carboxylic acids is 1. The average Bonchev–Trinajstić information content (AvgIpc) is 2.80. The second-order valence-electron chi connectivity index (χ2n) is 11.6. The molecule has 0 N–H and O–H groups in total. The monoisotopic (exact) mass is 478 g/mol. The number of hydrogen-bond acceptors (Lipinski definition) is 3. The zero-order chi connectivity index (χ0) is 25.3. The molecule has 0 saturated heterocycles. The molecule has 0 bridgehead atoms. The third-order valence-electron chi connectivity index (χ3n) is 7.13. The molecule has 3 nitrogen and oxygen atoms in total. The second kappa shape index (κ2) is 12.6. The summed E-state index contributed by atoms with van der Waals surface area (Å²) in [5, 5.41) is 0. The first kappa shape index (κ1) is 27.3. The van der Waals surface area contributed by atoms with Crippen LogP contribution in [-0.2, 0) is 10.2 Å². The Morgan fingerprint density at radius 3 is 1.49 bits per heavy atom. The number of ether oxygens (including phenoxy) is 2. The molecular weight excluding hydrogens is 432 g/mol. The summed E-state index contributed by atoms with van der Waals surface area (Å²) < 4.78 is 11.7. The van der Waals surface area contributed by atoms with Gasteiger partial charge in [0.05, 0.1) is 5.92 Å². The molecule has 0 spiro atoms. The highest BCUT2D eigenvalue weighted by molar-refractivity contribution is 5.74. The van der Waals surface area contributed by atoms with Gasteiger partial charge in [-0.2, -0.15) is 0 Å². The minimum absolute atomic E-state index is 0.0416. The number of rotatable bonds is 5. The zero-order valence-electron chi connectivity index (χ0n) is 22.7. The van der Waals surface area contributed by atoms with Crippen LogP contribution in [0.2, 0.25) is 0 Å². The van der Waals surface area contributed by atoms with Crippen molar-refractivity contribution in [3.63, 3.8) is 0 Å². The molecule has 192 valence electrons. The molecule has 3 heteroatoms. The maximum Gasteiger partial charge on any atom is 0.313 e. The van der Waals surface area contributed by atoms with Gasteiger partial charge < -0.3 is 9.47 Å². The van der Waals surface area contributed by atoms with E-state index in [2.05, 4.69) is 57.2 Å². The Bertz CT molecular complexity index is 891. The molecule has 1 fully saturated rings. The number of esters is 1. The van der Waals surface area contributed by atoms with Crippen molar-refractivity contribution in [3.05, 3.63) is 59.7 Å². The van der Waals surface area contributed by atoms with Crippen LogP contribution in [0.25, 0.3) is 0 Å². The molecule has 35 heavy (non-hydrogen) atoms. The molecular formula is C32H46O3. The molecule has 0 radical (unpaired) electrons. The van der Waals surface area contributed by atoms with E-state index in [1.807, 2.05) is 26.0 Å². The lowest BCUT2D eigenvalue weighted by Gasteiger charge is -2.36. The normalized spacial score (nSPS) is 17.8. The van der Waals surface area contributed by atoms with E-state index in [1.54, 1.807) is 0 Å². The Balaban J connectivity index is 1.95. The zero-order valence-corrected chi connectivity index (χ0v) is 22.7. The van der Waals surface area contributed by atoms with Crippen LogP contribution in [0.15, 0.2) is 48.5 Å². The Kier molecular flexibility index (Phi) is 9.83. The van der Waals surface area contributed by atoms with Crippen LogP contribution in [0.5, 0.6) is 11.5 Å². The smallest absolute Gasteiger partial charge is 0.313 e. The molecule has 1 aliphatic carbocycles. The van der Waals surface area contributed by atoms with E-state index in [0.29, 0.717) is 5.75 Å². The Hall–Kier alpha value is -2.29. The fourth-order valence-corrected chi connectivity index (χ4v) is 5.23. The number of carbonyl (C=O) groups is 1. The highest BCUT2D eigenvalue weighted by Crippen LogP contribution is 2.43. The summed E-state index contributed by atoms with van der Waals surface area (Å²) >= 11 is 0. The summed E-state index contributed by atoms with van der Waals surface area (Å²) in [5.41, 5.74) is 2.43. The number of hydrogen-bond donors (Lipinski definition) is 0. The maximum absolute atomic E-state index is 12.1. The van der Waals surface area contributed by atoms with Crippen molar-refractivity contribution in [1.29, 1.82) is 0 Å². The van der Waals surface area contributed by atoms with Gasteiger partial charge in [0.25, 0.3) is 0 Å². The first-order chi connectivity index (χ1) is 16.7. The van der Waals surface area contributed by atoms with Crippen LogP contribution >= 0.6 is 0 Å². The van der Waals surface area contributed by atoms with Gasteiger partial charge in [0.15, 0.2) is 0 Å². The summed E-state index contributed by atoms with van der Waals surface area (Å²) in [5.74, 6) is 1.22. The summed E-state index contributed by atoms with van der Waals surface area (Å²) in [4.78, 5) is 12.1. The van der Waals surface area contributed by atoms with Gasteiger partial charge in [-0.3, -0.25) is 4.79 Å². The molecule has 0 aromatic heterocycles. The van der Waals surface area contributed by atoms with Crippen LogP contribution in [-0.4, -0.2) is 11.6 Å². The van der Waals surface area contributed by atoms with Gasteiger partial charge in [-0.05, 0) is 69.0 Å². The highest BCUT2D eigenvalue weighted by Gasteiger charge is 2.34. The Morgan fingerprint density at radius 2 is 1.09 bits per heavy atom. The van der Waals surface area contributed by atoms with Crippen molar-refractivity contribution in [2.75, 3.05) is 0 Å². The molecule has 1 aliphatic rings. The van der Waals surface area contributed by atoms with Crippen molar-refractivity contribution >= 4 is 5.97 Å². The molecule has 2 aromatic carbocycles. The molecule has 0 aliphatic heterocycles. The first-order valence-electron chi connectivity index (χ1n) is 13.8. The van der Waals surface area contributed by atoms with Gasteiger partial charge >= 0.3 is 5.97 Å². The molecule has 2 aromatic rings. The van der Waals surface area contributed by atoms with E-state index in [-0.39, 0.29) is 22.9 Å². The standard InChI is InChI=1S/C32H46O3/c1-25(2)30(33)34-28-19-15-26(16-20-28)32(23-13-11-9-7-6-8-10-12-14-24-32)27-17-21-29(22-18-27)35-31(3,4)5/h15-22,25H,6-14,23-24H2,1-5H3. The lowest BCUT2D eigenvalue weighted by Crippen LogP contribution is -2.28. The van der Waals surface area contributed by atoms with Crippen molar-refractivity contribution in [2.45, 2.75) is 116 Å². The van der Waals surface area contributed by atoms with Crippen LogP contribution in [0.4, 0.5) is 0 Å². The molecule has 0 unspecified atom stereocenters. The molecule has 0 atom stereocenters. The van der Waals surface area contributed by atoms with E-state index in [4.69, 9.17) is 9.47 Å². The van der Waals surface area contributed by atoms with Crippen LogP contribution in [0, 0.1) is 5.92 Å². The minimum Gasteiger partial charge on any atom is -0.488 e. The summed E-state index contributed by atoms with van der Waals surface area (Å²) in [6.45, 7) is 9.99. The predicted octanol–water partition coefficient (Wildman–Crippen LogP) is 9.02. The van der Waals surface area contributed by atoms with Gasteiger partial charge in [0.1, 0.15) is 17.1 Å². The predicted molar refractivity (Wildman–Crippen MR) is 145 cm³/mol. The highest BCUT2D eigenvalue weighted by atomic mass is 16.5. The summed E-state index contributed by atoms with van der Waals surface area (Å²) in [6, 6.07) is 17.2. The second-order valence-corrected chi connectivity index (χ2v) is 11.6. The van der Waals surface area contributed by atoms with Crippen molar-refractivity contribution in [2.24, 2.45) is 5.92 Å². The topological polar surface area (TPSA) is 35.5 Å². The van der Waals surface area contributed by atoms with Crippen LogP contribution in [0.3, 0.4) is 0 Å². The Morgan fingerprint density at radius 1 is 0.686 bits per heavy atom. The number of benzene rings is 2. The lowest BCUT2D eigenvalue weighted by atomic mass is 9.67. The maximum atomic E-state index is 12.1. The van der Waals surface area contributed by atoms with Gasteiger partial charge in [-0.25, -0.2) is 0 Å². The minimum atomic E-state index is -0.213. The van der Waals surface area contributed by atoms with E-state index < -0.39 is 0 Å². The molecule has 3 rings (SSSR count). The summed E-state index contributed by atoms with van der Waals surface area (Å²) in [7, 11) is 0. The fourth-order valence-electron chi connectivity index (χ4n) is 5.23. The van der Waals surface area contributed by atoms with Crippen LogP contribution < -0.4 is 9.47 Å². The molecule has 0 amide bonds. The van der Waals surface area contributed by atoms with Gasteiger partial charge in [-0.1, -0.05) is 95.9 Å². The van der Waals surface area contributed by atoms with Crippen molar-refractivity contribution < 1.29 is 14.3 Å². The molecule has 0 heterocycles. The van der Waals surface area contributed by atoms with Gasteiger partial charge in [0.2, 0.25) is 0 Å². The Labute approximate surface area is 213 Å².